The highest BCUT2D eigenvalue weighted by molar-refractivity contribution is 7.10. The number of methoxy groups -OCH3 is 1. The fraction of sp³-hybridized carbons (Fsp3) is 0.620. The van der Waals surface area contributed by atoms with Crippen LogP contribution in [0.5, 0.6) is 0 Å². The summed E-state index contributed by atoms with van der Waals surface area (Å²) in [7, 11) is 1.74. The van der Waals surface area contributed by atoms with Crippen LogP contribution in [0.15, 0.2) is 35.8 Å². The molecule has 2 amide bonds. The van der Waals surface area contributed by atoms with Crippen LogP contribution in [0, 0.1) is 5.41 Å². The zero-order chi connectivity index (χ0) is 45.9. The third-order valence-corrected chi connectivity index (χ3v) is 15.1. The van der Waals surface area contributed by atoms with Gasteiger partial charge < -0.3 is 28.8 Å². The highest BCUT2D eigenvalue weighted by Crippen LogP contribution is 2.46. The Labute approximate surface area is 387 Å². The van der Waals surface area contributed by atoms with Gasteiger partial charge in [-0.3, -0.25) is 24.5 Å². The molecule has 4 fully saturated rings. The van der Waals surface area contributed by atoms with E-state index < -0.39 is 41.1 Å². The number of carbonyl (C=O) groups excluding carboxylic acids is 3. The lowest BCUT2D eigenvalue weighted by molar-refractivity contribution is -0.155. The first-order chi connectivity index (χ1) is 31.0. The van der Waals surface area contributed by atoms with Crippen molar-refractivity contribution < 1.29 is 33.3 Å². The largest absolute Gasteiger partial charge is 0.464 e. The molecule has 0 spiro atoms. The zero-order valence-electron chi connectivity index (χ0n) is 39.6. The van der Waals surface area contributed by atoms with Crippen molar-refractivity contribution in [3.8, 4) is 22.5 Å². The Hall–Kier alpha value is -4.41. The summed E-state index contributed by atoms with van der Waals surface area (Å²) in [6.45, 7) is 18.6. The predicted molar refractivity (Wildman–Crippen MR) is 250 cm³/mol. The third-order valence-electron chi connectivity index (χ3n) is 14.1. The van der Waals surface area contributed by atoms with Crippen molar-refractivity contribution in [1.29, 1.82) is 0 Å². The molecule has 4 aromatic rings. The number of aryl methyl sites for hydroxylation is 1. The third kappa shape index (κ3) is 9.32. The van der Waals surface area contributed by atoms with Crippen LogP contribution in [-0.2, 0) is 41.5 Å². The van der Waals surface area contributed by atoms with E-state index in [-0.39, 0.29) is 18.6 Å². The van der Waals surface area contributed by atoms with Crippen LogP contribution in [0.4, 0.5) is 4.79 Å². The molecule has 5 aliphatic rings. The molecular weight excluding hydrogens is 843 g/mol. The number of hydrogen-bond acceptors (Lipinski definition) is 12. The Balaban J connectivity index is 1.17. The van der Waals surface area contributed by atoms with Crippen LogP contribution in [0.2, 0.25) is 0 Å². The molecule has 14 nitrogen and oxygen atoms in total. The minimum atomic E-state index is -1.02. The number of alkyl carbamates (subject to hydrolysis) is 1. The van der Waals surface area contributed by atoms with Gasteiger partial charge in [0.1, 0.15) is 17.7 Å². The number of aromatic nitrogens is 3. The summed E-state index contributed by atoms with van der Waals surface area (Å²) in [5.74, 6) is -0.956. The Morgan fingerprint density at radius 3 is 2.54 bits per heavy atom. The number of morpholine rings is 1. The monoisotopic (exact) mass is 909 g/mol. The average molecular weight is 910 g/mol. The van der Waals surface area contributed by atoms with Gasteiger partial charge in [0.15, 0.2) is 0 Å². The summed E-state index contributed by atoms with van der Waals surface area (Å²) in [5.41, 5.74) is 10.2. The van der Waals surface area contributed by atoms with E-state index in [1.54, 1.807) is 27.9 Å². The van der Waals surface area contributed by atoms with Gasteiger partial charge in [-0.05, 0) is 115 Å². The number of fused-ring (bicyclic) bond motifs is 8. The molecule has 9 rings (SSSR count). The number of ether oxygens (including phenoxy) is 4. The van der Waals surface area contributed by atoms with E-state index in [1.807, 2.05) is 12.3 Å². The van der Waals surface area contributed by atoms with Crippen molar-refractivity contribution >= 4 is 40.2 Å². The second-order valence-electron chi connectivity index (χ2n) is 20.8. The molecular formula is C50H67N7O7S. The van der Waals surface area contributed by atoms with E-state index in [4.69, 9.17) is 28.9 Å². The van der Waals surface area contributed by atoms with E-state index in [1.165, 1.54) is 34.8 Å². The van der Waals surface area contributed by atoms with Crippen molar-refractivity contribution in [2.24, 2.45) is 5.41 Å². The molecule has 3 aromatic heterocycles. The second kappa shape index (κ2) is 18.0. The maximum Gasteiger partial charge on any atom is 0.408 e. The van der Waals surface area contributed by atoms with Gasteiger partial charge in [-0.25, -0.2) is 15.2 Å². The molecule has 1 aliphatic carbocycles. The number of rotatable bonds is 7. The molecule has 4 aliphatic heterocycles. The highest BCUT2D eigenvalue weighted by atomic mass is 32.1. The topological polar surface area (TPSA) is 149 Å². The van der Waals surface area contributed by atoms with Crippen molar-refractivity contribution in [2.45, 2.75) is 161 Å². The normalized spacial score (nSPS) is 26.9. The fourth-order valence-corrected chi connectivity index (χ4v) is 11.6. The Morgan fingerprint density at radius 1 is 1.09 bits per heavy atom. The Bertz CT molecular complexity index is 2420. The lowest BCUT2D eigenvalue weighted by Crippen LogP contribution is -2.61. The highest BCUT2D eigenvalue weighted by Gasteiger charge is 2.46. The van der Waals surface area contributed by atoms with Crippen LogP contribution in [0.3, 0.4) is 0 Å². The molecule has 3 saturated heterocycles. The summed E-state index contributed by atoms with van der Waals surface area (Å²) in [5, 5.41) is 8.13. The number of amides is 2. The molecule has 15 heteroatoms. The van der Waals surface area contributed by atoms with E-state index >= 15 is 0 Å². The summed E-state index contributed by atoms with van der Waals surface area (Å²) >= 11 is 1.46. The first-order valence-electron chi connectivity index (χ1n) is 23.7. The maximum absolute atomic E-state index is 14.4. The molecule has 2 N–H and O–H groups in total. The van der Waals surface area contributed by atoms with Gasteiger partial charge in [0.25, 0.3) is 5.91 Å². The number of nitrogens with zero attached hydrogens (tertiary/aromatic N) is 5. The van der Waals surface area contributed by atoms with Gasteiger partial charge in [-0.1, -0.05) is 26.8 Å². The Kier molecular flexibility index (Phi) is 12.7. The number of esters is 1. The molecule has 7 atom stereocenters. The predicted octanol–water partition coefficient (Wildman–Crippen LogP) is 8.28. The number of pyridine rings is 1. The van der Waals surface area contributed by atoms with Crippen LogP contribution in [-0.4, -0.2) is 112 Å². The smallest absolute Gasteiger partial charge is 0.408 e. The quantitative estimate of drug-likeness (QED) is 0.173. The minimum absolute atomic E-state index is 0.162. The lowest BCUT2D eigenvalue weighted by Gasteiger charge is -2.49. The van der Waals surface area contributed by atoms with Crippen molar-refractivity contribution in [1.82, 2.24) is 35.2 Å². The number of thiazole rings is 1. The van der Waals surface area contributed by atoms with Crippen molar-refractivity contribution in [3.63, 3.8) is 0 Å². The molecule has 0 unspecified atom stereocenters. The zero-order valence-corrected chi connectivity index (χ0v) is 40.4. The number of piperidine rings is 1. The number of hydrazine groups is 1. The van der Waals surface area contributed by atoms with Gasteiger partial charge in [-0.2, -0.15) is 0 Å². The minimum Gasteiger partial charge on any atom is -0.464 e. The average Bonchev–Trinajstić information content (AvgIpc) is 3.92. The summed E-state index contributed by atoms with van der Waals surface area (Å²) in [6.07, 6.45) is 7.51. The number of benzene rings is 1. The van der Waals surface area contributed by atoms with Crippen molar-refractivity contribution in [2.75, 3.05) is 33.5 Å². The van der Waals surface area contributed by atoms with Crippen molar-refractivity contribution in [3.05, 3.63) is 57.7 Å². The van der Waals surface area contributed by atoms with E-state index in [0.717, 1.165) is 77.3 Å². The van der Waals surface area contributed by atoms with Crippen LogP contribution in [0.25, 0.3) is 33.4 Å². The van der Waals surface area contributed by atoms with Gasteiger partial charge in [0.2, 0.25) is 0 Å². The van der Waals surface area contributed by atoms with Gasteiger partial charge in [-0.15, -0.1) is 11.3 Å². The SMILES string of the molecule is CCn1c(-c2cc([C@H]3C[C@H]4COC[C@@H](C3)N4C3CC3)cnc2[C@H](C)OC)c2c3cc(ccc31)-c1csc(n1)[C@@H](C)[C@H](NC(=O)OC(C)(C)C)C(=O)N1CCC[C@H](N1)C(=O)OCC(C)(C)C2. The summed E-state index contributed by atoms with van der Waals surface area (Å²) < 4.78 is 26.4. The van der Waals surface area contributed by atoms with Crippen LogP contribution >= 0.6 is 11.3 Å². The van der Waals surface area contributed by atoms with E-state index in [2.05, 4.69) is 78.4 Å². The molecule has 8 bridgehead atoms. The van der Waals surface area contributed by atoms with Crippen LogP contribution < -0.4 is 10.7 Å². The molecule has 0 radical (unpaired) electrons. The fourth-order valence-electron chi connectivity index (χ4n) is 10.7. The second-order valence-corrected chi connectivity index (χ2v) is 21.7. The number of cyclic esters (lactones) is 1. The first kappa shape index (κ1) is 45.7. The van der Waals surface area contributed by atoms with Gasteiger partial charge >= 0.3 is 12.1 Å². The van der Waals surface area contributed by atoms with Gasteiger partial charge in [0.05, 0.1) is 48.0 Å². The molecule has 350 valence electrons. The van der Waals surface area contributed by atoms with Crippen LogP contribution in [0.1, 0.15) is 134 Å². The summed E-state index contributed by atoms with van der Waals surface area (Å²) in [4.78, 5) is 54.8. The maximum atomic E-state index is 14.4. The molecule has 65 heavy (non-hydrogen) atoms. The molecule has 7 heterocycles. The molecule has 1 saturated carbocycles. The first-order valence-corrected chi connectivity index (χ1v) is 24.6. The Morgan fingerprint density at radius 2 is 1.85 bits per heavy atom. The standard InChI is InChI=1S/C50H67N7O7S/c1-10-55-41-16-13-30-20-36(41)38(44(55)37-21-32(23-51-43(37)29(3)61-9)31-18-34-24-62-25-35(19-31)57(34)33-14-15-33)22-50(7,8)27-63-47(59)39-12-11-17-56(54-39)46(58)42(53-48(60)64-49(4,5)6)28(2)45-52-40(30)26-65-45/h13,16,20-21,23,26,28-29,31,33-35,39,42,54H,10-12,14-15,17-19,22,24-25,27H2,1-9H3,(H,53,60)/t28-,29-,31-,34-,35+,39-,42-/m0/s1. The molecule has 1 aromatic carbocycles. The van der Waals surface area contributed by atoms with Gasteiger partial charge in [0, 0.05) is 83.3 Å². The number of nitrogens with one attached hydrogen (secondary N) is 2. The lowest BCUT2D eigenvalue weighted by atomic mass is 9.80. The van der Waals surface area contributed by atoms with E-state index in [0.29, 0.717) is 54.9 Å². The number of carbonyl (C=O) groups is 3. The summed E-state index contributed by atoms with van der Waals surface area (Å²) in [6, 6.07) is 8.74. The van der Waals surface area contributed by atoms with E-state index in [9.17, 15) is 14.4 Å². The number of hydrogen-bond donors (Lipinski definition) is 2.